The van der Waals surface area contributed by atoms with Gasteiger partial charge in [0.2, 0.25) is 0 Å². The number of carboxylic acids is 2. The van der Waals surface area contributed by atoms with Gasteiger partial charge in [0.15, 0.2) is 0 Å². The van der Waals surface area contributed by atoms with E-state index in [1.807, 2.05) is 13.0 Å². The molecule has 4 radical (unpaired) electrons. The minimum atomic E-state index is -1.11. The van der Waals surface area contributed by atoms with Gasteiger partial charge in [-0.25, -0.2) is 0 Å². The number of hydrogen-bond acceptors (Lipinski definition) is 4. The van der Waals surface area contributed by atoms with Crippen LogP contribution in [0.3, 0.4) is 0 Å². The molecule has 1 aromatic rings. The van der Waals surface area contributed by atoms with Crippen molar-refractivity contribution in [3.8, 4) is 0 Å². The van der Waals surface area contributed by atoms with Gasteiger partial charge in [0.25, 0.3) is 0 Å². The van der Waals surface area contributed by atoms with Crippen molar-refractivity contribution in [2.75, 3.05) is 0 Å². The summed E-state index contributed by atoms with van der Waals surface area (Å²) in [6.07, 6.45) is 23.8. The molecule has 0 heterocycles. The Morgan fingerprint density at radius 3 is 1.33 bits per heavy atom. The van der Waals surface area contributed by atoms with Crippen LogP contribution < -0.4 is 10.2 Å². The first-order valence-electron chi connectivity index (χ1n) is 15.4. The molecule has 0 saturated carbocycles. The number of carbonyl (C=O) groups is 2. The van der Waals surface area contributed by atoms with Crippen LogP contribution >= 0.6 is 0 Å². The number of aromatic carboxylic acids is 1. The summed E-state index contributed by atoms with van der Waals surface area (Å²) in [6, 6.07) is 6.79. The molecule has 0 spiro atoms. The summed E-state index contributed by atoms with van der Waals surface area (Å²) in [7, 11) is 0. The molecule has 1 aromatic carbocycles. The Morgan fingerprint density at radius 2 is 1.03 bits per heavy atom. The van der Waals surface area contributed by atoms with Crippen molar-refractivity contribution in [3.63, 3.8) is 0 Å². The van der Waals surface area contributed by atoms with Gasteiger partial charge in [-0.2, -0.15) is 0 Å². The molecule has 0 amide bonds. The second-order valence-corrected chi connectivity index (χ2v) is 9.77. The summed E-state index contributed by atoms with van der Waals surface area (Å²) in [4.78, 5) is 20.6. The minimum Gasteiger partial charge on any atom is -0.550 e. The van der Waals surface area contributed by atoms with E-state index < -0.39 is 11.9 Å². The maximum Gasteiger partial charge on any atom is 2.00 e. The molecule has 0 fully saturated rings. The first-order valence-corrected chi connectivity index (χ1v) is 15.4. The molecule has 224 valence electrons. The molecule has 0 aromatic heterocycles. The predicted octanol–water partition coefficient (Wildman–Crippen LogP) is 8.08. The number of aryl methyl sites for hydroxylation is 1. The van der Waals surface area contributed by atoms with Crippen molar-refractivity contribution in [3.05, 3.63) is 49.2 Å². The fourth-order valence-corrected chi connectivity index (χ4v) is 3.38. The van der Waals surface area contributed by atoms with Crippen LogP contribution in [0.5, 0.6) is 0 Å². The normalized spacial score (nSPS) is 9.49. The predicted molar refractivity (Wildman–Crippen MR) is 166 cm³/mol. The van der Waals surface area contributed by atoms with Gasteiger partial charge in [0.1, 0.15) is 0 Å². The van der Waals surface area contributed by atoms with Crippen LogP contribution in [0, 0.1) is 13.8 Å². The van der Waals surface area contributed by atoms with Gasteiger partial charge in [-0.1, -0.05) is 169 Å². The Morgan fingerprint density at radius 1 is 0.641 bits per heavy atom. The van der Waals surface area contributed by atoms with E-state index in [4.69, 9.17) is 0 Å². The first kappa shape index (κ1) is 45.0. The van der Waals surface area contributed by atoms with Crippen molar-refractivity contribution < 1.29 is 19.8 Å². The monoisotopic (exact) mass is 652 g/mol. The van der Waals surface area contributed by atoms with E-state index >= 15 is 0 Å². The molecule has 1 rings (SSSR count). The average molecular weight is 652 g/mol. The summed E-state index contributed by atoms with van der Waals surface area (Å²) in [5.74, 6) is -2.01. The number of rotatable bonds is 19. The third kappa shape index (κ3) is 41.6. The molecule has 0 saturated heterocycles. The summed E-state index contributed by atoms with van der Waals surface area (Å²) in [5.41, 5.74) is 1.27. The second-order valence-electron chi connectivity index (χ2n) is 9.77. The van der Waals surface area contributed by atoms with E-state index in [2.05, 4.69) is 34.6 Å². The van der Waals surface area contributed by atoms with Crippen molar-refractivity contribution in [1.29, 1.82) is 0 Å². The van der Waals surface area contributed by atoms with Gasteiger partial charge in [0, 0.05) is 5.97 Å². The molecule has 0 aliphatic heterocycles. The first-order chi connectivity index (χ1) is 18.3. The van der Waals surface area contributed by atoms with E-state index in [0.29, 0.717) is 0 Å². The van der Waals surface area contributed by atoms with E-state index in [9.17, 15) is 19.8 Å². The van der Waals surface area contributed by atoms with Gasteiger partial charge in [-0.15, -0.1) is 0 Å². The van der Waals surface area contributed by atoms with E-state index in [1.165, 1.54) is 96.0 Å². The zero-order valence-electron chi connectivity index (χ0n) is 26.0. The molecule has 0 bridgehead atoms. The number of carbonyl (C=O) groups excluding carboxylic acids is 2. The largest absolute Gasteiger partial charge is 2.00 e. The maximum atomic E-state index is 10.4. The number of benzene rings is 1. The summed E-state index contributed by atoms with van der Waals surface area (Å²) in [6.45, 7) is 15.7. The Bertz CT molecular complexity index is 611. The second kappa shape index (κ2) is 39.1. The quantitative estimate of drug-likeness (QED) is 0.112. The van der Waals surface area contributed by atoms with Crippen LogP contribution in [0.25, 0.3) is 0 Å². The van der Waals surface area contributed by atoms with Crippen molar-refractivity contribution in [1.82, 2.24) is 0 Å². The van der Waals surface area contributed by atoms with Gasteiger partial charge in [0.05, 0.1) is 5.97 Å². The number of carboxylic acid groups (broad SMARTS) is 2. The maximum absolute atomic E-state index is 10.4. The number of aliphatic carboxylic acids is 1. The Hall–Kier alpha value is -1.04. The smallest absolute Gasteiger partial charge is 0.550 e. The van der Waals surface area contributed by atoms with Gasteiger partial charge in [-0.05, 0) is 36.5 Å². The molecule has 0 unspecified atom stereocenters. The van der Waals surface area contributed by atoms with Crippen LogP contribution in [0.2, 0.25) is 0 Å². The zero-order valence-corrected chi connectivity index (χ0v) is 28.9. The molecule has 5 heteroatoms. The summed E-state index contributed by atoms with van der Waals surface area (Å²) >= 11 is 0. The molecule has 0 aliphatic rings. The average Bonchev–Trinajstić information content (AvgIpc) is 2.93. The molecule has 39 heavy (non-hydrogen) atoms. The van der Waals surface area contributed by atoms with Crippen molar-refractivity contribution in [2.24, 2.45) is 0 Å². The van der Waals surface area contributed by atoms with Crippen LogP contribution in [0.15, 0.2) is 24.3 Å². The van der Waals surface area contributed by atoms with Crippen LogP contribution in [-0.4, -0.2) is 35.8 Å². The zero-order chi connectivity index (χ0) is 29.3. The van der Waals surface area contributed by atoms with Gasteiger partial charge in [-0.3, -0.25) is 0 Å². The van der Waals surface area contributed by atoms with E-state index in [0.717, 1.165) is 37.7 Å². The number of hydrogen-bond donors (Lipinski definition) is 0. The standard InChI is InChI=1S/C17H34O2.C9H10O2.2C4H9.Sn/c1-2-3-4-5-6-7-8-9-10-11-12-13-14-15-16-17(18)19;1-2-7-4-3-5-8(6-7)9(10)11;2*1-3-4-2;/h2-16H2,1H3,(H,18,19);3-6H,2H2,1H3,(H,10,11);2*1,3-4H2,2H3;/q;;;;+2/p-2. The molecule has 0 atom stereocenters. The van der Waals surface area contributed by atoms with Crippen LogP contribution in [-0.2, 0) is 11.2 Å². The third-order valence-electron chi connectivity index (χ3n) is 6.01. The van der Waals surface area contributed by atoms with Gasteiger partial charge >= 0.3 is 23.9 Å². The van der Waals surface area contributed by atoms with Crippen LogP contribution in [0.1, 0.15) is 166 Å². The SMILES string of the molecule is CCCCCCCCCCCCCCCCC(=O)[O-].CCc1cccc(C(=O)[O-])c1.[CH2]CCC.[CH2]CCC.[Sn+2]. The third-order valence-corrected chi connectivity index (χ3v) is 6.01. The van der Waals surface area contributed by atoms with Crippen LogP contribution in [0.4, 0.5) is 0 Å². The molecule has 0 N–H and O–H groups in total. The summed E-state index contributed by atoms with van der Waals surface area (Å²) in [5, 5.41) is 20.6. The Kier molecular flexibility index (Phi) is 45.1. The Labute approximate surface area is 260 Å². The molecular formula is C34H60O4Sn. The fourth-order valence-electron chi connectivity index (χ4n) is 3.38. The molecule has 4 nitrogen and oxygen atoms in total. The summed E-state index contributed by atoms with van der Waals surface area (Å²) < 4.78 is 0. The molecular weight excluding hydrogens is 591 g/mol. The molecule has 0 aliphatic carbocycles. The van der Waals surface area contributed by atoms with Crippen molar-refractivity contribution in [2.45, 2.75) is 156 Å². The fraction of sp³-hybridized carbons (Fsp3) is 0.706. The minimum absolute atomic E-state index is 0. The number of unbranched alkanes of at least 4 members (excludes halogenated alkanes) is 15. The van der Waals surface area contributed by atoms with E-state index in [-0.39, 0.29) is 35.9 Å². The van der Waals surface area contributed by atoms with Gasteiger partial charge < -0.3 is 19.8 Å². The Balaban J connectivity index is -0.000000256. The topological polar surface area (TPSA) is 80.3 Å². The van der Waals surface area contributed by atoms with Crippen molar-refractivity contribution >= 4 is 35.8 Å². The van der Waals surface area contributed by atoms with E-state index in [1.54, 1.807) is 12.1 Å².